The molecule has 0 aliphatic carbocycles. The Hall–Kier alpha value is -3.56. The second-order valence-electron chi connectivity index (χ2n) is 6.54. The molecule has 0 amide bonds. The van der Waals surface area contributed by atoms with Gasteiger partial charge in [0.25, 0.3) is 0 Å². The molecule has 0 bridgehead atoms. The normalized spacial score (nSPS) is 12.5. The molecule has 144 valence electrons. The molecule has 4 aromatic heterocycles. The van der Waals surface area contributed by atoms with Crippen LogP contribution in [0, 0.1) is 5.82 Å². The molecule has 0 saturated carbocycles. The quantitative estimate of drug-likeness (QED) is 0.528. The number of nitrogens with zero attached hydrogens (tertiary/aromatic N) is 6. The average Bonchev–Trinajstić information content (AvgIpc) is 3.28. The third-order valence-electron chi connectivity index (χ3n) is 3.98. The summed E-state index contributed by atoms with van der Waals surface area (Å²) in [6, 6.07) is 4.57. The topological polar surface area (TPSA) is 106 Å². The van der Waals surface area contributed by atoms with Crippen molar-refractivity contribution in [2.75, 3.05) is 5.32 Å². The number of imidazole rings is 1. The van der Waals surface area contributed by atoms with Crippen LogP contribution >= 0.6 is 0 Å². The van der Waals surface area contributed by atoms with Gasteiger partial charge < -0.3 is 10.1 Å². The van der Waals surface area contributed by atoms with Crippen molar-refractivity contribution < 1.29 is 9.13 Å². The van der Waals surface area contributed by atoms with E-state index in [1.54, 1.807) is 29.2 Å². The smallest absolute Gasteiger partial charge is 0.225 e. The molecule has 0 radical (unpaired) electrons. The lowest BCUT2D eigenvalue weighted by Gasteiger charge is -2.13. The van der Waals surface area contributed by atoms with Gasteiger partial charge in [0, 0.05) is 6.07 Å². The number of hydrogen-bond donors (Lipinski definition) is 2. The molecule has 0 aromatic carbocycles. The summed E-state index contributed by atoms with van der Waals surface area (Å²) in [7, 11) is 0. The summed E-state index contributed by atoms with van der Waals surface area (Å²) in [4.78, 5) is 17.2. The Morgan fingerprint density at radius 2 is 2.00 bits per heavy atom. The van der Waals surface area contributed by atoms with Gasteiger partial charge in [-0.3, -0.25) is 9.55 Å². The van der Waals surface area contributed by atoms with Gasteiger partial charge in [0.2, 0.25) is 11.8 Å². The molecular formula is C18H19FN8O. The van der Waals surface area contributed by atoms with Gasteiger partial charge in [0.15, 0.2) is 11.5 Å². The van der Waals surface area contributed by atoms with Gasteiger partial charge in [-0.2, -0.15) is 10.1 Å². The minimum absolute atomic E-state index is 0.0347. The number of aromatic nitrogens is 7. The van der Waals surface area contributed by atoms with E-state index in [1.165, 1.54) is 12.3 Å². The van der Waals surface area contributed by atoms with Crippen LogP contribution < -0.4 is 10.1 Å². The summed E-state index contributed by atoms with van der Waals surface area (Å²) in [6.07, 6.45) is 4.47. The van der Waals surface area contributed by atoms with Crippen molar-refractivity contribution in [3.63, 3.8) is 0 Å². The molecule has 0 aliphatic heterocycles. The van der Waals surface area contributed by atoms with Crippen LogP contribution in [0.15, 0.2) is 36.9 Å². The molecule has 9 nitrogen and oxygen atoms in total. The summed E-state index contributed by atoms with van der Waals surface area (Å²) in [6.45, 7) is 5.78. The average molecular weight is 382 g/mol. The third-order valence-corrected chi connectivity index (χ3v) is 3.98. The number of anilines is 1. The molecule has 4 heterocycles. The largest absolute Gasteiger partial charge is 0.475 e. The zero-order valence-electron chi connectivity index (χ0n) is 15.6. The summed E-state index contributed by atoms with van der Waals surface area (Å²) >= 11 is 0. The number of ether oxygens (including phenoxy) is 1. The lowest BCUT2D eigenvalue weighted by atomic mass is 10.2. The van der Waals surface area contributed by atoms with E-state index in [1.807, 2.05) is 20.8 Å². The predicted octanol–water partition coefficient (Wildman–Crippen LogP) is 3.03. The summed E-state index contributed by atoms with van der Waals surface area (Å²) in [5.74, 6) is 1.20. The Morgan fingerprint density at radius 1 is 1.14 bits per heavy atom. The molecule has 0 unspecified atom stereocenters. The zero-order valence-corrected chi connectivity index (χ0v) is 15.6. The first kappa shape index (κ1) is 17.8. The van der Waals surface area contributed by atoms with Crippen molar-refractivity contribution in [2.45, 2.75) is 32.9 Å². The molecule has 0 aliphatic rings. The lowest BCUT2D eigenvalue weighted by Crippen LogP contribution is -2.11. The number of pyridine rings is 1. The fourth-order valence-electron chi connectivity index (χ4n) is 2.69. The second kappa shape index (κ2) is 7.22. The van der Waals surface area contributed by atoms with E-state index < -0.39 is 0 Å². The highest BCUT2D eigenvalue weighted by molar-refractivity contribution is 5.72. The van der Waals surface area contributed by atoms with Crippen molar-refractivity contribution in [1.82, 2.24) is 34.7 Å². The minimum atomic E-state index is -0.377. The Labute approximate surface area is 160 Å². The van der Waals surface area contributed by atoms with Crippen molar-refractivity contribution in [1.29, 1.82) is 0 Å². The number of rotatable bonds is 6. The molecule has 0 saturated heterocycles. The van der Waals surface area contributed by atoms with Crippen LogP contribution in [-0.2, 0) is 0 Å². The van der Waals surface area contributed by atoms with Crippen LogP contribution in [0.1, 0.15) is 32.5 Å². The van der Waals surface area contributed by atoms with Gasteiger partial charge in [-0.1, -0.05) is 0 Å². The van der Waals surface area contributed by atoms with Crippen LogP contribution in [0.5, 0.6) is 5.88 Å². The van der Waals surface area contributed by atoms with E-state index in [2.05, 4.69) is 35.5 Å². The van der Waals surface area contributed by atoms with E-state index in [0.29, 0.717) is 34.5 Å². The number of halogens is 1. The number of H-pyrrole nitrogens is 1. The van der Waals surface area contributed by atoms with Crippen molar-refractivity contribution in [3.05, 3.63) is 48.4 Å². The van der Waals surface area contributed by atoms with Crippen molar-refractivity contribution >= 4 is 17.1 Å². The zero-order chi connectivity index (χ0) is 19.7. The van der Waals surface area contributed by atoms with Crippen LogP contribution in [0.25, 0.3) is 17.0 Å². The monoisotopic (exact) mass is 382 g/mol. The Bertz CT molecular complexity index is 1090. The molecule has 1 atom stereocenters. The second-order valence-corrected chi connectivity index (χ2v) is 6.54. The molecule has 0 fully saturated rings. The van der Waals surface area contributed by atoms with Crippen molar-refractivity contribution in [3.8, 4) is 11.7 Å². The van der Waals surface area contributed by atoms with Crippen molar-refractivity contribution in [2.24, 2.45) is 0 Å². The number of hydrogen-bond acceptors (Lipinski definition) is 7. The fraction of sp³-hybridized carbons (Fsp3) is 0.278. The van der Waals surface area contributed by atoms with Crippen LogP contribution in [0.2, 0.25) is 0 Å². The molecule has 10 heteroatoms. The maximum absolute atomic E-state index is 13.1. The maximum atomic E-state index is 13.1. The number of aromatic amines is 1. The molecule has 4 aromatic rings. The first-order valence-electron chi connectivity index (χ1n) is 8.80. The highest BCUT2D eigenvalue weighted by atomic mass is 19.1. The van der Waals surface area contributed by atoms with Gasteiger partial charge in [-0.15, -0.1) is 0 Å². The summed E-state index contributed by atoms with van der Waals surface area (Å²) < 4.78 is 20.4. The van der Waals surface area contributed by atoms with Gasteiger partial charge in [-0.05, 0) is 32.9 Å². The number of fused-ring (bicyclic) bond motifs is 1. The van der Waals surface area contributed by atoms with Gasteiger partial charge in [0.1, 0.15) is 17.7 Å². The molecule has 2 N–H and O–H groups in total. The van der Waals surface area contributed by atoms with Gasteiger partial charge in [-0.25, -0.2) is 19.5 Å². The molecule has 28 heavy (non-hydrogen) atoms. The lowest BCUT2D eigenvalue weighted by molar-refractivity contribution is 0.232. The Kier molecular flexibility index (Phi) is 4.60. The van der Waals surface area contributed by atoms with Gasteiger partial charge in [0.05, 0.1) is 30.2 Å². The molecular weight excluding hydrogens is 363 g/mol. The minimum Gasteiger partial charge on any atom is -0.475 e. The van der Waals surface area contributed by atoms with E-state index in [4.69, 9.17) is 4.74 Å². The third kappa shape index (κ3) is 3.61. The first-order chi connectivity index (χ1) is 13.5. The first-order valence-corrected chi connectivity index (χ1v) is 8.80. The summed E-state index contributed by atoms with van der Waals surface area (Å²) in [5, 5.41) is 10.3. The van der Waals surface area contributed by atoms with E-state index in [9.17, 15) is 4.39 Å². The van der Waals surface area contributed by atoms with Crippen LogP contribution in [0.3, 0.4) is 0 Å². The van der Waals surface area contributed by atoms with Gasteiger partial charge >= 0.3 is 0 Å². The maximum Gasteiger partial charge on any atom is 0.225 e. The standard InChI is InChI=1S/C18H19FN8O/c1-10(2)28-16-6-15(25-26-16)27-9-22-14-8-21-18(24-17(14)27)23-11(3)13-5-4-12(19)7-20-13/h4-11H,1-3H3,(H,25,26)(H,21,23,24)/t11-/m0/s1. The van der Waals surface area contributed by atoms with Crippen LogP contribution in [-0.4, -0.2) is 40.8 Å². The molecule has 4 rings (SSSR count). The van der Waals surface area contributed by atoms with E-state index >= 15 is 0 Å². The molecule has 0 spiro atoms. The Balaban J connectivity index is 1.61. The summed E-state index contributed by atoms with van der Waals surface area (Å²) in [5.41, 5.74) is 1.91. The fourth-order valence-corrected chi connectivity index (χ4v) is 2.69. The van der Waals surface area contributed by atoms with Crippen LogP contribution in [0.4, 0.5) is 10.3 Å². The highest BCUT2D eigenvalue weighted by Gasteiger charge is 2.14. The highest BCUT2D eigenvalue weighted by Crippen LogP contribution is 2.21. The SMILES string of the molecule is CC(C)Oc1cc(-n2cnc3cnc(N[C@@H](C)c4ccc(F)cn4)nc32)n[nH]1. The van der Waals surface area contributed by atoms with E-state index in [-0.39, 0.29) is 18.0 Å². The Morgan fingerprint density at radius 3 is 2.75 bits per heavy atom. The van der Waals surface area contributed by atoms with E-state index in [0.717, 1.165) is 0 Å². The predicted molar refractivity (Wildman–Crippen MR) is 101 cm³/mol. The number of nitrogens with one attached hydrogen (secondary N) is 2.